The van der Waals surface area contributed by atoms with Crippen molar-refractivity contribution < 1.29 is 14.3 Å². The lowest BCUT2D eigenvalue weighted by Gasteiger charge is -2.37. The highest BCUT2D eigenvalue weighted by molar-refractivity contribution is 6.00. The molecule has 31 heavy (non-hydrogen) atoms. The average Bonchev–Trinajstić information content (AvgIpc) is 2.75. The van der Waals surface area contributed by atoms with Crippen LogP contribution in [0.2, 0.25) is 0 Å². The minimum absolute atomic E-state index is 0.224. The molecule has 0 aromatic heterocycles. The molecule has 1 aliphatic carbocycles. The SMILES string of the molecule is CCN(CC)c1ccc(NC(=O)[C@]2(NC(=O)OC(C)C)CCc3ccccc3C2)cc1. The van der Waals surface area contributed by atoms with Crippen LogP contribution in [0.4, 0.5) is 16.2 Å². The van der Waals surface area contributed by atoms with Crippen LogP contribution in [0.25, 0.3) is 0 Å². The van der Waals surface area contributed by atoms with Crippen LogP contribution in [-0.2, 0) is 22.4 Å². The first kappa shape index (κ1) is 22.7. The predicted octanol–water partition coefficient (Wildman–Crippen LogP) is 4.53. The van der Waals surface area contributed by atoms with Gasteiger partial charge in [-0.1, -0.05) is 24.3 Å². The van der Waals surface area contributed by atoms with E-state index in [1.807, 2.05) is 42.5 Å². The third-order valence-electron chi connectivity index (χ3n) is 5.80. The van der Waals surface area contributed by atoms with Crippen molar-refractivity contribution >= 4 is 23.4 Å². The molecule has 2 N–H and O–H groups in total. The van der Waals surface area contributed by atoms with Crippen LogP contribution in [0.15, 0.2) is 48.5 Å². The maximum atomic E-state index is 13.5. The summed E-state index contributed by atoms with van der Waals surface area (Å²) in [6, 6.07) is 15.9. The summed E-state index contributed by atoms with van der Waals surface area (Å²) in [4.78, 5) is 28.2. The van der Waals surface area contributed by atoms with Crippen molar-refractivity contribution in [2.24, 2.45) is 0 Å². The molecule has 0 heterocycles. The van der Waals surface area contributed by atoms with E-state index < -0.39 is 11.6 Å². The number of carbonyl (C=O) groups excluding carboxylic acids is 2. The Morgan fingerprint density at radius 2 is 1.68 bits per heavy atom. The molecular weight excluding hydrogens is 390 g/mol. The van der Waals surface area contributed by atoms with Crippen LogP contribution in [0.1, 0.15) is 45.2 Å². The molecule has 0 unspecified atom stereocenters. The van der Waals surface area contributed by atoms with Crippen LogP contribution < -0.4 is 15.5 Å². The lowest BCUT2D eigenvalue weighted by Crippen LogP contribution is -2.60. The first-order valence-electron chi connectivity index (χ1n) is 11.1. The minimum Gasteiger partial charge on any atom is -0.447 e. The van der Waals surface area contributed by atoms with Gasteiger partial charge in [0.2, 0.25) is 0 Å². The molecule has 1 aliphatic rings. The molecule has 0 aliphatic heterocycles. The van der Waals surface area contributed by atoms with Crippen molar-refractivity contribution in [2.45, 2.75) is 58.6 Å². The van der Waals surface area contributed by atoms with Crippen molar-refractivity contribution in [3.8, 4) is 0 Å². The van der Waals surface area contributed by atoms with Gasteiger partial charge in [0.1, 0.15) is 5.54 Å². The number of hydrogen-bond donors (Lipinski definition) is 2. The lowest BCUT2D eigenvalue weighted by molar-refractivity contribution is -0.122. The van der Waals surface area contributed by atoms with Crippen molar-refractivity contribution in [3.63, 3.8) is 0 Å². The zero-order valence-electron chi connectivity index (χ0n) is 18.9. The largest absolute Gasteiger partial charge is 0.447 e. The van der Waals surface area contributed by atoms with Gasteiger partial charge in [0.25, 0.3) is 5.91 Å². The standard InChI is InChI=1S/C25H33N3O3/c1-5-28(6-2)22-13-11-21(12-14-22)26-23(29)25(27-24(30)31-18(3)4)16-15-19-9-7-8-10-20(19)17-25/h7-14,18H,5-6,15-17H2,1-4H3,(H,26,29)(H,27,30)/t25-/m0/s1. The van der Waals surface area contributed by atoms with E-state index in [2.05, 4.69) is 35.4 Å². The van der Waals surface area contributed by atoms with Crippen LogP contribution in [-0.4, -0.2) is 36.7 Å². The van der Waals surface area contributed by atoms with Gasteiger partial charge in [0.05, 0.1) is 6.10 Å². The maximum absolute atomic E-state index is 13.5. The number of amides is 2. The molecule has 6 heteroatoms. The fourth-order valence-corrected chi connectivity index (χ4v) is 4.13. The highest BCUT2D eigenvalue weighted by Crippen LogP contribution is 2.30. The van der Waals surface area contributed by atoms with Gasteiger partial charge in [-0.05, 0) is 75.9 Å². The summed E-state index contributed by atoms with van der Waals surface area (Å²) in [6.07, 6.45) is 0.831. The van der Waals surface area contributed by atoms with E-state index >= 15 is 0 Å². The van der Waals surface area contributed by atoms with Crippen molar-refractivity contribution in [1.82, 2.24) is 5.32 Å². The molecule has 2 amide bonds. The van der Waals surface area contributed by atoms with Crippen LogP contribution in [0.3, 0.4) is 0 Å². The molecule has 0 saturated carbocycles. The van der Waals surface area contributed by atoms with Crippen LogP contribution >= 0.6 is 0 Å². The van der Waals surface area contributed by atoms with E-state index in [0.717, 1.165) is 24.3 Å². The Bertz CT molecular complexity index is 906. The van der Waals surface area contributed by atoms with Crippen LogP contribution in [0, 0.1) is 0 Å². The number of nitrogens with zero attached hydrogens (tertiary/aromatic N) is 1. The predicted molar refractivity (Wildman–Crippen MR) is 125 cm³/mol. The minimum atomic E-state index is -1.06. The number of carbonyl (C=O) groups is 2. The van der Waals surface area contributed by atoms with E-state index in [1.165, 1.54) is 5.56 Å². The monoisotopic (exact) mass is 423 g/mol. The molecular formula is C25H33N3O3. The van der Waals surface area contributed by atoms with Gasteiger partial charge in [-0.2, -0.15) is 0 Å². The summed E-state index contributed by atoms with van der Waals surface area (Å²) < 4.78 is 5.30. The smallest absolute Gasteiger partial charge is 0.408 e. The Morgan fingerprint density at radius 3 is 2.29 bits per heavy atom. The summed E-state index contributed by atoms with van der Waals surface area (Å²) in [6.45, 7) is 9.66. The van der Waals surface area contributed by atoms with Crippen molar-refractivity contribution in [3.05, 3.63) is 59.7 Å². The van der Waals surface area contributed by atoms with E-state index in [1.54, 1.807) is 13.8 Å². The zero-order chi connectivity index (χ0) is 22.4. The molecule has 0 fully saturated rings. The Hall–Kier alpha value is -3.02. The Labute approximate surface area is 185 Å². The molecule has 0 bridgehead atoms. The number of aryl methyl sites for hydroxylation is 1. The number of alkyl carbamates (subject to hydrolysis) is 1. The third kappa shape index (κ3) is 5.37. The third-order valence-corrected chi connectivity index (χ3v) is 5.80. The van der Waals surface area contributed by atoms with E-state index in [9.17, 15) is 9.59 Å². The summed E-state index contributed by atoms with van der Waals surface area (Å²) in [7, 11) is 0. The fraction of sp³-hybridized carbons (Fsp3) is 0.440. The topological polar surface area (TPSA) is 70.7 Å². The molecule has 166 valence electrons. The van der Waals surface area contributed by atoms with Gasteiger partial charge in [-0.3, -0.25) is 4.79 Å². The maximum Gasteiger partial charge on any atom is 0.408 e. The Kier molecular flexibility index (Phi) is 7.21. The normalized spacial score (nSPS) is 17.6. The fourth-order valence-electron chi connectivity index (χ4n) is 4.13. The zero-order valence-corrected chi connectivity index (χ0v) is 18.9. The van der Waals surface area contributed by atoms with E-state index in [4.69, 9.17) is 4.74 Å². The lowest BCUT2D eigenvalue weighted by atomic mass is 9.77. The number of rotatable bonds is 7. The number of nitrogens with one attached hydrogen (secondary N) is 2. The second-order valence-electron chi connectivity index (χ2n) is 8.28. The van der Waals surface area contributed by atoms with Gasteiger partial charge < -0.3 is 20.3 Å². The van der Waals surface area contributed by atoms with E-state index in [0.29, 0.717) is 24.9 Å². The second-order valence-corrected chi connectivity index (χ2v) is 8.28. The molecule has 6 nitrogen and oxygen atoms in total. The Morgan fingerprint density at radius 1 is 1.03 bits per heavy atom. The number of hydrogen-bond acceptors (Lipinski definition) is 4. The summed E-state index contributed by atoms with van der Waals surface area (Å²) in [5.41, 5.74) is 3.05. The number of ether oxygens (including phenoxy) is 1. The first-order valence-corrected chi connectivity index (χ1v) is 11.1. The molecule has 2 aromatic rings. The quantitative estimate of drug-likeness (QED) is 0.686. The van der Waals surface area contributed by atoms with Crippen LogP contribution in [0.5, 0.6) is 0 Å². The van der Waals surface area contributed by atoms with E-state index in [-0.39, 0.29) is 12.0 Å². The van der Waals surface area contributed by atoms with Crippen molar-refractivity contribution in [1.29, 1.82) is 0 Å². The molecule has 3 rings (SSSR count). The summed E-state index contributed by atoms with van der Waals surface area (Å²) in [5.74, 6) is -0.224. The van der Waals surface area contributed by atoms with Gasteiger partial charge in [0, 0.05) is 30.9 Å². The number of benzene rings is 2. The first-order chi connectivity index (χ1) is 14.9. The van der Waals surface area contributed by atoms with Gasteiger partial charge in [-0.15, -0.1) is 0 Å². The van der Waals surface area contributed by atoms with Gasteiger partial charge >= 0.3 is 6.09 Å². The van der Waals surface area contributed by atoms with Gasteiger partial charge in [0.15, 0.2) is 0 Å². The average molecular weight is 424 g/mol. The number of fused-ring (bicyclic) bond motifs is 1. The number of anilines is 2. The second kappa shape index (κ2) is 9.86. The molecule has 2 aromatic carbocycles. The molecule has 1 atom stereocenters. The molecule has 0 radical (unpaired) electrons. The molecule has 0 saturated heterocycles. The summed E-state index contributed by atoms with van der Waals surface area (Å²) >= 11 is 0. The molecule has 0 spiro atoms. The Balaban J connectivity index is 1.82. The highest BCUT2D eigenvalue weighted by Gasteiger charge is 2.43. The van der Waals surface area contributed by atoms with Gasteiger partial charge in [-0.25, -0.2) is 4.79 Å². The summed E-state index contributed by atoms with van der Waals surface area (Å²) in [5, 5.41) is 5.91. The van der Waals surface area contributed by atoms with Crippen molar-refractivity contribution in [2.75, 3.05) is 23.3 Å². The highest BCUT2D eigenvalue weighted by atomic mass is 16.6.